The van der Waals surface area contributed by atoms with Gasteiger partial charge in [-0.1, -0.05) is 30.3 Å². The Hall–Kier alpha value is -3.16. The van der Waals surface area contributed by atoms with Crippen molar-refractivity contribution < 1.29 is 14.4 Å². The molecule has 0 bridgehead atoms. The van der Waals surface area contributed by atoms with Gasteiger partial charge in [-0.2, -0.15) is 5.10 Å². The molecule has 118 valence electrons. The predicted octanol–water partition coefficient (Wildman–Crippen LogP) is 0.245. The molecule has 0 radical (unpaired) electrons. The molecule has 8 heteroatoms. The standard InChI is InChI=1S/C15H15N5O3/c21-13(9-20-14(22)8-17-15(20)23)16-7-11-6-12(19-18-11)10-4-2-1-3-5-10/h1-6H,7-9H2,(H,16,21)(H,17,23)(H,18,19). The highest BCUT2D eigenvalue weighted by Crippen LogP contribution is 2.16. The zero-order valence-electron chi connectivity index (χ0n) is 12.2. The second-order valence-electron chi connectivity index (χ2n) is 5.06. The molecule has 2 heterocycles. The molecule has 0 spiro atoms. The van der Waals surface area contributed by atoms with Crippen molar-refractivity contribution in [2.75, 3.05) is 13.1 Å². The second kappa shape index (κ2) is 6.30. The first-order valence-electron chi connectivity index (χ1n) is 7.08. The molecule has 23 heavy (non-hydrogen) atoms. The van der Waals surface area contributed by atoms with E-state index in [2.05, 4.69) is 20.8 Å². The molecule has 1 aliphatic heterocycles. The first-order chi connectivity index (χ1) is 11.1. The number of hydrogen-bond acceptors (Lipinski definition) is 4. The molecule has 0 saturated carbocycles. The lowest BCUT2D eigenvalue weighted by molar-refractivity contribution is -0.130. The minimum atomic E-state index is -0.543. The fourth-order valence-corrected chi connectivity index (χ4v) is 2.22. The van der Waals surface area contributed by atoms with Crippen LogP contribution in [0.25, 0.3) is 11.3 Å². The van der Waals surface area contributed by atoms with Crippen molar-refractivity contribution in [1.82, 2.24) is 25.7 Å². The maximum Gasteiger partial charge on any atom is 0.325 e. The van der Waals surface area contributed by atoms with Crippen molar-refractivity contribution in [2.45, 2.75) is 6.54 Å². The Kier molecular flexibility index (Phi) is 4.05. The lowest BCUT2D eigenvalue weighted by Crippen LogP contribution is -2.40. The fourth-order valence-electron chi connectivity index (χ4n) is 2.22. The highest BCUT2D eigenvalue weighted by atomic mass is 16.2. The molecule has 3 rings (SSSR count). The van der Waals surface area contributed by atoms with Crippen LogP contribution in [0.4, 0.5) is 4.79 Å². The van der Waals surface area contributed by atoms with Gasteiger partial charge in [0.25, 0.3) is 5.91 Å². The summed E-state index contributed by atoms with van der Waals surface area (Å²) < 4.78 is 0. The Morgan fingerprint density at radius 1 is 1.26 bits per heavy atom. The second-order valence-corrected chi connectivity index (χ2v) is 5.06. The van der Waals surface area contributed by atoms with Crippen LogP contribution >= 0.6 is 0 Å². The normalized spacial score (nSPS) is 14.0. The van der Waals surface area contributed by atoms with E-state index in [1.807, 2.05) is 36.4 Å². The molecule has 1 fully saturated rings. The molecule has 4 amide bonds. The van der Waals surface area contributed by atoms with Crippen molar-refractivity contribution in [3.8, 4) is 11.3 Å². The third-order valence-corrected chi connectivity index (χ3v) is 3.42. The van der Waals surface area contributed by atoms with Gasteiger partial charge in [-0.25, -0.2) is 4.79 Å². The van der Waals surface area contributed by atoms with Crippen LogP contribution in [0.3, 0.4) is 0 Å². The van der Waals surface area contributed by atoms with Gasteiger partial charge < -0.3 is 10.6 Å². The zero-order valence-corrected chi connectivity index (χ0v) is 12.2. The van der Waals surface area contributed by atoms with Crippen LogP contribution in [0.5, 0.6) is 0 Å². The Morgan fingerprint density at radius 2 is 2.04 bits per heavy atom. The van der Waals surface area contributed by atoms with Crippen LogP contribution in [-0.2, 0) is 16.1 Å². The van der Waals surface area contributed by atoms with E-state index in [0.29, 0.717) is 0 Å². The Bertz CT molecular complexity index is 725. The maximum absolute atomic E-state index is 11.8. The number of nitrogens with zero attached hydrogens (tertiary/aromatic N) is 2. The zero-order chi connectivity index (χ0) is 16.2. The molecular formula is C15H15N5O3. The van der Waals surface area contributed by atoms with Gasteiger partial charge in [-0.15, -0.1) is 0 Å². The lowest BCUT2D eigenvalue weighted by atomic mass is 10.1. The summed E-state index contributed by atoms with van der Waals surface area (Å²) in [5, 5.41) is 12.0. The number of hydrogen-bond donors (Lipinski definition) is 3. The Morgan fingerprint density at radius 3 is 2.74 bits per heavy atom. The largest absolute Gasteiger partial charge is 0.349 e. The highest BCUT2D eigenvalue weighted by molar-refractivity contribution is 6.04. The number of benzene rings is 1. The van der Waals surface area contributed by atoms with Gasteiger partial charge in [0.05, 0.1) is 24.5 Å². The molecule has 0 aliphatic carbocycles. The SMILES string of the molecule is O=C(CN1C(=O)CNC1=O)NCc1cc(-c2ccccc2)n[nH]1. The summed E-state index contributed by atoms with van der Waals surface area (Å²) in [7, 11) is 0. The van der Waals surface area contributed by atoms with Gasteiger partial charge >= 0.3 is 6.03 Å². The summed E-state index contributed by atoms with van der Waals surface area (Å²) in [4.78, 5) is 35.5. The number of nitrogens with one attached hydrogen (secondary N) is 3. The van der Waals surface area contributed by atoms with Gasteiger partial charge in [0.2, 0.25) is 5.91 Å². The van der Waals surface area contributed by atoms with Crippen LogP contribution < -0.4 is 10.6 Å². The smallest absolute Gasteiger partial charge is 0.325 e. The summed E-state index contributed by atoms with van der Waals surface area (Å²) in [6.45, 7) is -0.111. The van der Waals surface area contributed by atoms with Gasteiger partial charge in [0, 0.05) is 5.56 Å². The summed E-state index contributed by atoms with van der Waals surface area (Å²) >= 11 is 0. The van der Waals surface area contributed by atoms with Crippen LogP contribution in [0.15, 0.2) is 36.4 Å². The monoisotopic (exact) mass is 313 g/mol. The van der Waals surface area contributed by atoms with Crippen LogP contribution in [-0.4, -0.2) is 46.0 Å². The van der Waals surface area contributed by atoms with Crippen molar-refractivity contribution in [3.63, 3.8) is 0 Å². The summed E-state index contributed by atoms with van der Waals surface area (Å²) in [5.41, 5.74) is 2.49. The number of rotatable bonds is 5. The third-order valence-electron chi connectivity index (χ3n) is 3.42. The summed E-state index contributed by atoms with van der Waals surface area (Å²) in [6.07, 6.45) is 0. The molecular weight excluding hydrogens is 298 g/mol. The van der Waals surface area contributed by atoms with Gasteiger partial charge in [-0.05, 0) is 6.07 Å². The molecule has 1 aliphatic rings. The molecule has 2 aromatic rings. The van der Waals surface area contributed by atoms with Crippen molar-refractivity contribution in [1.29, 1.82) is 0 Å². The lowest BCUT2D eigenvalue weighted by Gasteiger charge is -2.11. The maximum atomic E-state index is 11.8. The minimum Gasteiger partial charge on any atom is -0.349 e. The molecule has 3 N–H and O–H groups in total. The Labute approximate surface area is 131 Å². The molecule has 8 nitrogen and oxygen atoms in total. The number of aromatic amines is 1. The van der Waals surface area contributed by atoms with E-state index in [1.165, 1.54) is 0 Å². The van der Waals surface area contributed by atoms with Crippen molar-refractivity contribution in [2.24, 2.45) is 0 Å². The molecule has 1 aromatic carbocycles. The van der Waals surface area contributed by atoms with Crippen LogP contribution in [0.1, 0.15) is 5.69 Å². The van der Waals surface area contributed by atoms with Gasteiger partial charge in [-0.3, -0.25) is 19.6 Å². The number of amides is 4. The van der Waals surface area contributed by atoms with Crippen LogP contribution in [0, 0.1) is 0 Å². The third kappa shape index (κ3) is 3.37. The number of imide groups is 1. The topological polar surface area (TPSA) is 107 Å². The van der Waals surface area contributed by atoms with E-state index < -0.39 is 17.8 Å². The average Bonchev–Trinajstić information content (AvgIpc) is 3.16. The van der Waals surface area contributed by atoms with Gasteiger partial charge in [0.15, 0.2) is 0 Å². The van der Waals surface area contributed by atoms with Crippen molar-refractivity contribution >= 4 is 17.8 Å². The molecule has 1 aromatic heterocycles. The van der Waals surface area contributed by atoms with E-state index in [1.54, 1.807) is 0 Å². The van der Waals surface area contributed by atoms with Crippen molar-refractivity contribution in [3.05, 3.63) is 42.1 Å². The predicted molar refractivity (Wildman–Crippen MR) is 81.0 cm³/mol. The Balaban J connectivity index is 1.54. The fraction of sp³-hybridized carbons (Fsp3) is 0.200. The van der Waals surface area contributed by atoms with Crippen LogP contribution in [0.2, 0.25) is 0 Å². The van der Waals surface area contributed by atoms with E-state index >= 15 is 0 Å². The average molecular weight is 313 g/mol. The first kappa shape index (κ1) is 14.8. The van der Waals surface area contributed by atoms with E-state index in [9.17, 15) is 14.4 Å². The molecule has 0 unspecified atom stereocenters. The number of carbonyl (C=O) groups excluding carboxylic acids is 3. The quantitative estimate of drug-likeness (QED) is 0.687. The molecule has 1 saturated heterocycles. The first-order valence-corrected chi connectivity index (χ1v) is 7.08. The summed E-state index contributed by atoms with van der Waals surface area (Å²) in [5.74, 6) is -0.815. The van der Waals surface area contributed by atoms with Gasteiger partial charge in [0.1, 0.15) is 6.54 Å². The molecule has 0 atom stereocenters. The van der Waals surface area contributed by atoms with E-state index in [0.717, 1.165) is 21.9 Å². The number of carbonyl (C=O) groups is 3. The van der Waals surface area contributed by atoms with E-state index in [4.69, 9.17) is 0 Å². The van der Waals surface area contributed by atoms with E-state index in [-0.39, 0.29) is 19.6 Å². The number of urea groups is 1. The number of H-pyrrole nitrogens is 1. The minimum absolute atomic E-state index is 0.0624. The number of aromatic nitrogens is 2. The highest BCUT2D eigenvalue weighted by Gasteiger charge is 2.29. The summed E-state index contributed by atoms with van der Waals surface area (Å²) in [6, 6.07) is 10.9.